The monoisotopic (exact) mass is 324 g/mol. The normalized spacial score (nSPS) is 19.7. The molecule has 1 saturated carbocycles. The van der Waals surface area contributed by atoms with Crippen molar-refractivity contribution in [3.63, 3.8) is 0 Å². The molecule has 24 heavy (non-hydrogen) atoms. The van der Waals surface area contributed by atoms with Crippen LogP contribution in [0.15, 0.2) is 36.5 Å². The minimum atomic E-state index is -0.460. The van der Waals surface area contributed by atoms with Gasteiger partial charge in [-0.2, -0.15) is 5.10 Å². The summed E-state index contributed by atoms with van der Waals surface area (Å²) in [5.74, 6) is -0.0976. The number of carbonyl (C=O) groups excluding carboxylic acids is 2. The zero-order chi connectivity index (χ0) is 16.7. The van der Waals surface area contributed by atoms with Crippen LogP contribution in [0.5, 0.6) is 0 Å². The third-order valence-electron chi connectivity index (χ3n) is 4.57. The van der Waals surface area contributed by atoms with Gasteiger partial charge in [0.1, 0.15) is 6.04 Å². The van der Waals surface area contributed by atoms with Crippen molar-refractivity contribution in [1.82, 2.24) is 20.0 Å². The van der Waals surface area contributed by atoms with Crippen molar-refractivity contribution in [3.05, 3.63) is 53.3 Å². The smallest absolute Gasteiger partial charge is 0.254 e. The molecule has 0 bridgehead atoms. The molecule has 2 amide bonds. The van der Waals surface area contributed by atoms with E-state index in [9.17, 15) is 9.59 Å². The maximum atomic E-state index is 12.9. The Morgan fingerprint density at radius 1 is 1.25 bits per heavy atom. The topological polar surface area (TPSA) is 67.2 Å². The molecule has 1 aliphatic carbocycles. The van der Waals surface area contributed by atoms with Gasteiger partial charge in [0.25, 0.3) is 5.91 Å². The van der Waals surface area contributed by atoms with Gasteiger partial charge in [0.05, 0.1) is 18.8 Å². The second-order valence-electron chi connectivity index (χ2n) is 6.62. The van der Waals surface area contributed by atoms with E-state index < -0.39 is 6.04 Å². The number of hydrogen-bond donors (Lipinski definition) is 1. The fourth-order valence-electron chi connectivity index (χ4n) is 3.13. The molecule has 0 saturated heterocycles. The number of benzene rings is 1. The summed E-state index contributed by atoms with van der Waals surface area (Å²) < 4.78 is 1.75. The Bertz CT molecular complexity index is 794. The van der Waals surface area contributed by atoms with Gasteiger partial charge in [-0.15, -0.1) is 0 Å². The van der Waals surface area contributed by atoms with E-state index in [0.29, 0.717) is 24.7 Å². The lowest BCUT2D eigenvalue weighted by molar-refractivity contribution is -0.125. The first-order chi connectivity index (χ1) is 11.6. The number of amides is 2. The number of fused-ring (bicyclic) bond motifs is 1. The first-order valence-electron chi connectivity index (χ1n) is 8.30. The van der Waals surface area contributed by atoms with Crippen LogP contribution in [0, 0.1) is 6.92 Å². The lowest BCUT2D eigenvalue weighted by atomic mass is 10.1. The first kappa shape index (κ1) is 14.9. The summed E-state index contributed by atoms with van der Waals surface area (Å²) in [6.07, 6.45) is 3.76. The minimum absolute atomic E-state index is 0.0460. The van der Waals surface area contributed by atoms with Gasteiger partial charge in [-0.25, -0.2) is 0 Å². The van der Waals surface area contributed by atoms with E-state index in [1.165, 1.54) is 0 Å². The predicted molar refractivity (Wildman–Crippen MR) is 88.3 cm³/mol. The average Bonchev–Trinajstić information content (AvgIpc) is 3.26. The fraction of sp³-hybridized carbons (Fsp3) is 0.389. The van der Waals surface area contributed by atoms with Crippen LogP contribution in [0.25, 0.3) is 0 Å². The highest BCUT2D eigenvalue weighted by Gasteiger charge is 2.35. The zero-order valence-electron chi connectivity index (χ0n) is 13.6. The molecule has 2 aromatic rings. The van der Waals surface area contributed by atoms with Gasteiger partial charge in [0, 0.05) is 17.8 Å². The molecule has 1 aromatic carbocycles. The molecule has 1 unspecified atom stereocenters. The van der Waals surface area contributed by atoms with Crippen LogP contribution < -0.4 is 5.32 Å². The molecule has 4 rings (SSSR count). The molecule has 2 heterocycles. The Hall–Kier alpha value is -2.63. The fourth-order valence-corrected chi connectivity index (χ4v) is 3.13. The van der Waals surface area contributed by atoms with E-state index in [1.807, 2.05) is 37.3 Å². The van der Waals surface area contributed by atoms with Crippen molar-refractivity contribution < 1.29 is 9.59 Å². The quantitative estimate of drug-likeness (QED) is 0.934. The third kappa shape index (κ3) is 2.79. The van der Waals surface area contributed by atoms with E-state index in [1.54, 1.807) is 15.8 Å². The molecule has 0 spiro atoms. The second kappa shape index (κ2) is 5.78. The van der Waals surface area contributed by atoms with Crippen LogP contribution >= 0.6 is 0 Å². The van der Waals surface area contributed by atoms with Crippen LogP contribution in [0.4, 0.5) is 0 Å². The van der Waals surface area contributed by atoms with E-state index in [-0.39, 0.29) is 11.8 Å². The molecule has 1 atom stereocenters. The molecule has 1 N–H and O–H groups in total. The lowest BCUT2D eigenvalue weighted by Crippen LogP contribution is -2.47. The Morgan fingerprint density at radius 2 is 2.08 bits per heavy atom. The molecule has 1 aliphatic heterocycles. The highest BCUT2D eigenvalue weighted by Crippen LogP contribution is 2.25. The standard InChI is InChI=1S/C18H20N4O2/c1-12-3-2-4-13(9-12)18(24)21-10-15-7-8-19-22(15)16(11-21)17(23)20-14-5-6-14/h2-4,7-9,14,16H,5-6,10-11H2,1H3,(H,20,23). The van der Waals surface area contributed by atoms with Gasteiger partial charge in [0.15, 0.2) is 0 Å². The molecule has 6 nitrogen and oxygen atoms in total. The van der Waals surface area contributed by atoms with Crippen molar-refractivity contribution in [2.24, 2.45) is 0 Å². The molecule has 0 radical (unpaired) electrons. The largest absolute Gasteiger partial charge is 0.351 e. The number of nitrogens with zero attached hydrogens (tertiary/aromatic N) is 3. The van der Waals surface area contributed by atoms with Crippen LogP contribution in [0.1, 0.15) is 40.5 Å². The number of aromatic nitrogens is 2. The Morgan fingerprint density at radius 3 is 2.83 bits per heavy atom. The molecule has 2 aliphatic rings. The summed E-state index contributed by atoms with van der Waals surface area (Å²) >= 11 is 0. The Balaban J connectivity index is 1.59. The Labute approximate surface area is 140 Å². The zero-order valence-corrected chi connectivity index (χ0v) is 13.6. The van der Waals surface area contributed by atoms with Crippen LogP contribution in [0.2, 0.25) is 0 Å². The minimum Gasteiger partial charge on any atom is -0.351 e. The van der Waals surface area contributed by atoms with Crippen molar-refractivity contribution in [3.8, 4) is 0 Å². The summed E-state index contributed by atoms with van der Waals surface area (Å²) in [5, 5.41) is 7.31. The van der Waals surface area contributed by atoms with Crippen molar-refractivity contribution in [2.75, 3.05) is 6.54 Å². The van der Waals surface area contributed by atoms with E-state index >= 15 is 0 Å². The molecule has 124 valence electrons. The highest BCUT2D eigenvalue weighted by molar-refractivity contribution is 5.95. The van der Waals surface area contributed by atoms with Gasteiger partial charge in [-0.3, -0.25) is 14.3 Å². The van der Waals surface area contributed by atoms with Gasteiger partial charge in [-0.1, -0.05) is 17.7 Å². The van der Waals surface area contributed by atoms with E-state index in [0.717, 1.165) is 24.1 Å². The van der Waals surface area contributed by atoms with Gasteiger partial charge in [-0.05, 0) is 38.0 Å². The van der Waals surface area contributed by atoms with Crippen molar-refractivity contribution >= 4 is 11.8 Å². The third-order valence-corrected chi connectivity index (χ3v) is 4.57. The highest BCUT2D eigenvalue weighted by atomic mass is 16.2. The first-order valence-corrected chi connectivity index (χ1v) is 8.30. The van der Waals surface area contributed by atoms with Crippen LogP contribution in [-0.4, -0.2) is 39.1 Å². The van der Waals surface area contributed by atoms with Gasteiger partial charge in [0.2, 0.25) is 5.91 Å². The average molecular weight is 324 g/mol. The Kier molecular flexibility index (Phi) is 3.59. The van der Waals surface area contributed by atoms with Gasteiger partial charge < -0.3 is 10.2 Å². The summed E-state index contributed by atoms with van der Waals surface area (Å²) in [6, 6.07) is 9.25. The maximum absolute atomic E-state index is 12.9. The summed E-state index contributed by atoms with van der Waals surface area (Å²) in [7, 11) is 0. The van der Waals surface area contributed by atoms with Crippen molar-refractivity contribution in [2.45, 2.75) is 38.4 Å². The summed E-state index contributed by atoms with van der Waals surface area (Å²) in [6.45, 7) is 2.79. The predicted octanol–water partition coefficient (Wildman–Crippen LogP) is 1.67. The number of rotatable bonds is 3. The number of hydrogen-bond acceptors (Lipinski definition) is 3. The van der Waals surface area contributed by atoms with E-state index in [4.69, 9.17) is 0 Å². The number of nitrogens with one attached hydrogen (secondary N) is 1. The SMILES string of the molecule is Cc1cccc(C(=O)N2Cc3ccnn3C(C(=O)NC3CC3)C2)c1. The number of carbonyl (C=O) groups is 2. The summed E-state index contributed by atoms with van der Waals surface area (Å²) in [5.41, 5.74) is 2.59. The molecular formula is C18H20N4O2. The summed E-state index contributed by atoms with van der Waals surface area (Å²) in [4.78, 5) is 27.1. The van der Waals surface area contributed by atoms with Crippen molar-refractivity contribution in [1.29, 1.82) is 0 Å². The van der Waals surface area contributed by atoms with Crippen LogP contribution in [-0.2, 0) is 11.3 Å². The molecule has 6 heteroatoms. The lowest BCUT2D eigenvalue weighted by Gasteiger charge is -2.33. The van der Waals surface area contributed by atoms with Crippen LogP contribution in [0.3, 0.4) is 0 Å². The second-order valence-corrected chi connectivity index (χ2v) is 6.62. The molecular weight excluding hydrogens is 304 g/mol. The number of aryl methyl sites for hydroxylation is 1. The molecule has 1 fully saturated rings. The van der Waals surface area contributed by atoms with Gasteiger partial charge >= 0.3 is 0 Å². The molecule has 1 aromatic heterocycles. The maximum Gasteiger partial charge on any atom is 0.254 e. The van der Waals surface area contributed by atoms with E-state index in [2.05, 4.69) is 10.4 Å².